The van der Waals surface area contributed by atoms with Gasteiger partial charge >= 0.3 is 0 Å². The van der Waals surface area contributed by atoms with Crippen LogP contribution in [0, 0.1) is 12.8 Å². The van der Waals surface area contributed by atoms with Crippen LogP contribution in [0.4, 0.5) is 11.4 Å². The SMILES string of the molecule is Cc1c(N2CCC(C(C)O)C2)cc(N)cc1S(N)(=O)=O. The molecule has 1 aliphatic heterocycles. The number of aliphatic hydroxyl groups is 1. The maximum absolute atomic E-state index is 11.6. The number of anilines is 2. The van der Waals surface area contributed by atoms with Crippen molar-refractivity contribution in [1.82, 2.24) is 0 Å². The predicted octanol–water partition coefficient (Wildman–Crippen LogP) is 0.432. The van der Waals surface area contributed by atoms with E-state index < -0.39 is 10.0 Å². The van der Waals surface area contributed by atoms with Crippen molar-refractivity contribution in [2.24, 2.45) is 11.1 Å². The zero-order valence-corrected chi connectivity index (χ0v) is 12.5. The number of benzene rings is 1. The average Bonchev–Trinajstić information content (AvgIpc) is 2.79. The summed E-state index contributed by atoms with van der Waals surface area (Å²) in [5, 5.41) is 14.9. The van der Waals surface area contributed by atoms with Crippen LogP contribution in [0.1, 0.15) is 18.9 Å². The Hall–Kier alpha value is -1.31. The molecule has 0 radical (unpaired) electrons. The van der Waals surface area contributed by atoms with Gasteiger partial charge in [0.25, 0.3) is 0 Å². The molecule has 1 saturated heterocycles. The van der Waals surface area contributed by atoms with Gasteiger partial charge < -0.3 is 15.7 Å². The van der Waals surface area contributed by atoms with Crippen LogP contribution in [0.15, 0.2) is 17.0 Å². The van der Waals surface area contributed by atoms with Gasteiger partial charge in [-0.1, -0.05) is 0 Å². The summed E-state index contributed by atoms with van der Waals surface area (Å²) in [6, 6.07) is 3.14. The minimum atomic E-state index is -3.79. The molecule has 0 bridgehead atoms. The first kappa shape index (κ1) is 15.1. The van der Waals surface area contributed by atoms with E-state index in [2.05, 4.69) is 4.90 Å². The molecule has 2 atom stereocenters. The Balaban J connectivity index is 2.41. The van der Waals surface area contributed by atoms with Crippen LogP contribution in [-0.2, 0) is 10.0 Å². The fourth-order valence-corrected chi connectivity index (χ4v) is 3.55. The molecule has 1 aliphatic rings. The van der Waals surface area contributed by atoms with E-state index in [9.17, 15) is 13.5 Å². The third-order valence-electron chi connectivity index (χ3n) is 3.91. The normalized spacial score (nSPS) is 21.2. The molecule has 0 spiro atoms. The second kappa shape index (κ2) is 5.23. The molecule has 5 N–H and O–H groups in total. The number of rotatable bonds is 3. The molecule has 6 nitrogen and oxygen atoms in total. The van der Waals surface area contributed by atoms with Crippen LogP contribution < -0.4 is 15.8 Å². The summed E-state index contributed by atoms with van der Waals surface area (Å²) < 4.78 is 23.2. The minimum Gasteiger partial charge on any atom is -0.399 e. The number of hydrogen-bond donors (Lipinski definition) is 3. The molecule has 112 valence electrons. The molecule has 1 aromatic rings. The summed E-state index contributed by atoms with van der Waals surface area (Å²) in [4.78, 5) is 2.12. The van der Waals surface area contributed by atoms with Crippen molar-refractivity contribution in [3.05, 3.63) is 17.7 Å². The lowest BCUT2D eigenvalue weighted by Gasteiger charge is -2.23. The van der Waals surface area contributed by atoms with Gasteiger partial charge in [0, 0.05) is 30.4 Å². The molecule has 1 fully saturated rings. The van der Waals surface area contributed by atoms with E-state index in [1.165, 1.54) is 6.07 Å². The maximum Gasteiger partial charge on any atom is 0.238 e. The highest BCUT2D eigenvalue weighted by Crippen LogP contribution is 2.33. The van der Waals surface area contributed by atoms with Crippen molar-refractivity contribution in [3.63, 3.8) is 0 Å². The number of hydrogen-bond acceptors (Lipinski definition) is 5. The van der Waals surface area contributed by atoms with Gasteiger partial charge in [-0.2, -0.15) is 0 Å². The van der Waals surface area contributed by atoms with Crippen LogP contribution >= 0.6 is 0 Å². The van der Waals surface area contributed by atoms with E-state index in [1.54, 1.807) is 19.9 Å². The van der Waals surface area contributed by atoms with E-state index in [0.717, 1.165) is 18.7 Å². The number of nitrogen functional groups attached to an aromatic ring is 1. The van der Waals surface area contributed by atoms with E-state index in [4.69, 9.17) is 10.9 Å². The van der Waals surface area contributed by atoms with Crippen LogP contribution in [0.25, 0.3) is 0 Å². The zero-order chi connectivity index (χ0) is 15.1. The largest absolute Gasteiger partial charge is 0.399 e. The van der Waals surface area contributed by atoms with Crippen molar-refractivity contribution >= 4 is 21.4 Å². The van der Waals surface area contributed by atoms with Crippen LogP contribution in [-0.4, -0.2) is 32.7 Å². The van der Waals surface area contributed by atoms with Gasteiger partial charge in [0.05, 0.1) is 11.0 Å². The van der Waals surface area contributed by atoms with Crippen molar-refractivity contribution in [3.8, 4) is 0 Å². The molecular weight excluding hydrogens is 278 g/mol. The standard InChI is InChI=1S/C13H21N3O3S/c1-8-12(16-4-3-10(7-16)9(2)17)5-11(14)6-13(8)20(15,18)19/h5-6,9-10,17H,3-4,7,14H2,1-2H3,(H2,15,18,19). The lowest BCUT2D eigenvalue weighted by atomic mass is 10.0. The molecule has 7 heteroatoms. The number of primary sulfonamides is 1. The van der Waals surface area contributed by atoms with Crippen LogP contribution in [0.5, 0.6) is 0 Å². The van der Waals surface area contributed by atoms with Crippen LogP contribution in [0.3, 0.4) is 0 Å². The molecule has 0 aromatic heterocycles. The van der Waals surface area contributed by atoms with Gasteiger partial charge in [-0.3, -0.25) is 0 Å². The van der Waals surface area contributed by atoms with Gasteiger partial charge in [0.2, 0.25) is 10.0 Å². The second-order valence-electron chi connectivity index (χ2n) is 5.44. The molecule has 2 unspecified atom stereocenters. The van der Waals surface area contributed by atoms with E-state index in [-0.39, 0.29) is 16.9 Å². The third kappa shape index (κ3) is 2.89. The average molecular weight is 299 g/mol. The van der Waals surface area contributed by atoms with Gasteiger partial charge in [-0.25, -0.2) is 13.6 Å². The fourth-order valence-electron chi connectivity index (χ4n) is 2.72. The first-order chi connectivity index (χ1) is 9.20. The van der Waals surface area contributed by atoms with Crippen molar-refractivity contribution in [2.45, 2.75) is 31.3 Å². The minimum absolute atomic E-state index is 0.0630. The summed E-state index contributed by atoms with van der Waals surface area (Å²) >= 11 is 0. The number of aliphatic hydroxyl groups excluding tert-OH is 1. The lowest BCUT2D eigenvalue weighted by Crippen LogP contribution is -2.25. The highest BCUT2D eigenvalue weighted by atomic mass is 32.2. The predicted molar refractivity (Wildman–Crippen MR) is 79.0 cm³/mol. The monoisotopic (exact) mass is 299 g/mol. The Morgan fingerprint density at radius 1 is 1.45 bits per heavy atom. The number of nitrogens with zero attached hydrogens (tertiary/aromatic N) is 1. The van der Waals surface area contributed by atoms with Crippen molar-refractivity contribution < 1.29 is 13.5 Å². The molecule has 0 saturated carbocycles. The Kier molecular flexibility index (Phi) is 3.95. The smallest absolute Gasteiger partial charge is 0.238 e. The molecule has 0 aliphatic carbocycles. The highest BCUT2D eigenvalue weighted by Gasteiger charge is 2.28. The Bertz CT molecular complexity index is 614. The van der Waals surface area contributed by atoms with Gasteiger partial charge in [-0.15, -0.1) is 0 Å². The van der Waals surface area contributed by atoms with Crippen LogP contribution in [0.2, 0.25) is 0 Å². The first-order valence-corrected chi connectivity index (χ1v) is 8.10. The van der Waals surface area contributed by atoms with E-state index in [1.807, 2.05) is 0 Å². The van der Waals surface area contributed by atoms with Gasteiger partial charge in [0.1, 0.15) is 0 Å². The van der Waals surface area contributed by atoms with Crippen molar-refractivity contribution in [2.75, 3.05) is 23.7 Å². The van der Waals surface area contributed by atoms with E-state index in [0.29, 0.717) is 17.8 Å². The lowest BCUT2D eigenvalue weighted by molar-refractivity contribution is 0.136. The molecule has 20 heavy (non-hydrogen) atoms. The zero-order valence-electron chi connectivity index (χ0n) is 11.7. The Labute approximate surface area is 119 Å². The summed E-state index contributed by atoms with van der Waals surface area (Å²) in [5.74, 6) is 0.189. The summed E-state index contributed by atoms with van der Waals surface area (Å²) in [6.45, 7) is 4.95. The van der Waals surface area contributed by atoms with Crippen molar-refractivity contribution in [1.29, 1.82) is 0 Å². The quantitative estimate of drug-likeness (QED) is 0.701. The molecule has 1 heterocycles. The van der Waals surface area contributed by atoms with E-state index >= 15 is 0 Å². The summed E-state index contributed by atoms with van der Waals surface area (Å²) in [6.07, 6.45) is 0.496. The summed E-state index contributed by atoms with van der Waals surface area (Å²) in [7, 11) is -3.79. The highest BCUT2D eigenvalue weighted by molar-refractivity contribution is 7.89. The maximum atomic E-state index is 11.6. The summed E-state index contributed by atoms with van der Waals surface area (Å²) in [5.41, 5.74) is 7.54. The molecule has 0 amide bonds. The third-order valence-corrected chi connectivity index (χ3v) is 4.95. The second-order valence-corrected chi connectivity index (χ2v) is 6.97. The molecule has 1 aromatic carbocycles. The topological polar surface area (TPSA) is 110 Å². The molecule has 2 rings (SSSR count). The Morgan fingerprint density at radius 2 is 2.10 bits per heavy atom. The molecular formula is C13H21N3O3S. The number of sulfonamides is 1. The Morgan fingerprint density at radius 3 is 2.60 bits per heavy atom. The number of nitrogens with two attached hydrogens (primary N) is 2. The van der Waals surface area contributed by atoms with Gasteiger partial charge in [0.15, 0.2) is 0 Å². The van der Waals surface area contributed by atoms with Gasteiger partial charge in [-0.05, 0) is 38.0 Å². The fraction of sp³-hybridized carbons (Fsp3) is 0.538. The first-order valence-electron chi connectivity index (χ1n) is 6.56.